The molecule has 0 aliphatic rings. The Balaban J connectivity index is 0.000000123. The number of hydrogen-bond donors (Lipinski definition) is 0. The van der Waals surface area contributed by atoms with Gasteiger partial charge < -0.3 is 0 Å². The Hall–Kier alpha value is -16.4. The summed E-state index contributed by atoms with van der Waals surface area (Å²) in [4.78, 5) is 58.8. The second-order valence-corrected chi connectivity index (χ2v) is 33.4. The zero-order valence-electron chi connectivity index (χ0n) is 75.2. The molecule has 16 aromatic carbocycles. The molecule has 0 fully saturated rings. The van der Waals surface area contributed by atoms with Crippen molar-refractivity contribution in [3.8, 4) is 180 Å². The van der Waals surface area contributed by atoms with Crippen molar-refractivity contribution in [2.24, 2.45) is 0 Å². The lowest BCUT2D eigenvalue weighted by Crippen LogP contribution is -2.05. The van der Waals surface area contributed by atoms with E-state index >= 15 is 0 Å². The predicted octanol–water partition coefficient (Wildman–Crippen LogP) is 30.7. The number of aromatic nitrogens is 12. The molecule has 0 spiro atoms. The average molecular weight is 1710 g/mol. The molecule has 132 heavy (non-hydrogen) atoms. The van der Waals surface area contributed by atoms with Crippen LogP contribution in [0.2, 0.25) is 0 Å². The van der Waals surface area contributed by atoms with Crippen molar-refractivity contribution in [2.45, 2.75) is 79.1 Å². The zero-order chi connectivity index (χ0) is 90.5. The Kier molecular flexibility index (Phi) is 27.9. The Labute approximate surface area is 774 Å². The summed E-state index contributed by atoms with van der Waals surface area (Å²) in [6.45, 7) is 16.9. The first-order chi connectivity index (χ1) is 64.8. The number of hydrogen-bond acceptors (Lipinski definition) is 12. The highest BCUT2D eigenvalue weighted by Gasteiger charge is 2.23. The predicted molar refractivity (Wildman–Crippen MR) is 543 cm³/mol. The monoisotopic (exact) mass is 1710 g/mol. The van der Waals surface area contributed by atoms with Gasteiger partial charge in [0.25, 0.3) is 0 Å². The van der Waals surface area contributed by atoms with E-state index in [0.29, 0.717) is 46.6 Å². The van der Waals surface area contributed by atoms with Crippen molar-refractivity contribution < 1.29 is 0 Å². The van der Waals surface area contributed by atoms with Gasteiger partial charge in [0.05, 0.1) is 0 Å². The summed E-state index contributed by atoms with van der Waals surface area (Å²) < 4.78 is 0. The molecule has 20 aromatic rings. The van der Waals surface area contributed by atoms with Crippen LogP contribution in [-0.2, 0) is 0 Å². The van der Waals surface area contributed by atoms with Crippen LogP contribution in [0.3, 0.4) is 0 Å². The quantitative estimate of drug-likeness (QED) is 0.0713. The number of nitrogens with zero attached hydrogens (tertiary/aromatic N) is 12. The Bertz CT molecular complexity index is 6630. The van der Waals surface area contributed by atoms with Crippen molar-refractivity contribution in [1.82, 2.24) is 59.8 Å². The lowest BCUT2D eigenvalue weighted by molar-refractivity contribution is 0.766. The van der Waals surface area contributed by atoms with Gasteiger partial charge in [-0.15, -0.1) is 0 Å². The van der Waals surface area contributed by atoms with Crippen LogP contribution in [0.5, 0.6) is 0 Å². The van der Waals surface area contributed by atoms with Crippen molar-refractivity contribution >= 4 is 0 Å². The van der Waals surface area contributed by atoms with Crippen molar-refractivity contribution in [3.63, 3.8) is 0 Å². The maximum atomic E-state index is 5.01. The fraction of sp³-hybridized carbons (Fsp3) is 0.100. The summed E-state index contributed by atoms with van der Waals surface area (Å²) in [7, 11) is 0. The van der Waals surface area contributed by atoms with Crippen LogP contribution in [-0.4, -0.2) is 59.8 Å². The van der Waals surface area contributed by atoms with Crippen molar-refractivity contribution in [3.05, 3.63) is 460 Å². The van der Waals surface area contributed by atoms with Gasteiger partial charge in [-0.2, -0.15) is 0 Å². The normalized spacial score (nSPS) is 11.0. The first-order valence-corrected chi connectivity index (χ1v) is 45.0. The molecule has 640 valence electrons. The van der Waals surface area contributed by atoms with Crippen molar-refractivity contribution in [2.75, 3.05) is 0 Å². The van der Waals surface area contributed by atoms with Gasteiger partial charge >= 0.3 is 0 Å². The third-order valence-electron chi connectivity index (χ3n) is 22.6. The van der Waals surface area contributed by atoms with E-state index in [1.54, 1.807) is 0 Å². The zero-order valence-corrected chi connectivity index (χ0v) is 75.2. The van der Waals surface area contributed by atoms with Crippen LogP contribution < -0.4 is 0 Å². The van der Waals surface area contributed by atoms with Gasteiger partial charge in [0.1, 0.15) is 23.3 Å². The standard InChI is InChI=1S/4C30H25N3/c1-21(2)28-31-29(26-19-11-9-17-24(26)22-13-5-3-6-14-22)33-30(32-28)27-20-12-10-18-25(27)23-15-7-4-8-16-23;3*1-21(2)28-31-29(25-17-11-16-24(20-25)22-12-5-3-6-13-22)33-30(32-28)27-19-10-9-18-26(27)23-14-7-4-8-15-23/h4*3-21H,1-2H3. The minimum atomic E-state index is 0.179. The maximum Gasteiger partial charge on any atom is 0.164 e. The molecule has 0 radical (unpaired) electrons. The maximum absolute atomic E-state index is 5.01. The first-order valence-electron chi connectivity index (χ1n) is 45.0. The highest BCUT2D eigenvalue weighted by Crippen LogP contribution is 2.40. The van der Waals surface area contributed by atoms with E-state index in [-0.39, 0.29) is 23.7 Å². The molecule has 4 heterocycles. The molecule has 0 amide bonds. The molecular weight excluding hydrogens is 1610 g/mol. The second-order valence-electron chi connectivity index (χ2n) is 33.4. The third-order valence-corrected chi connectivity index (χ3v) is 22.6. The van der Waals surface area contributed by atoms with Gasteiger partial charge in [-0.05, 0) is 107 Å². The fourth-order valence-corrected chi connectivity index (χ4v) is 15.7. The van der Waals surface area contributed by atoms with E-state index in [2.05, 4.69) is 413 Å². The van der Waals surface area contributed by atoms with E-state index in [4.69, 9.17) is 59.8 Å². The Morgan fingerprint density at radius 3 is 0.432 bits per heavy atom. The SMILES string of the molecule is CC(C)c1nc(-c2cccc(-c3ccccc3)c2)nc(-c2ccccc2-c2ccccc2)n1.CC(C)c1nc(-c2cccc(-c3ccccc3)c2)nc(-c2ccccc2-c2ccccc2)n1.CC(C)c1nc(-c2cccc(-c3ccccc3)c2)nc(-c2ccccc2-c2ccccc2)n1.CC(C)c1nc(-c2ccccc2-c2ccccc2)nc(-c2ccccc2-c2ccccc2)n1. The summed E-state index contributed by atoms with van der Waals surface area (Å²) in [6, 6.07) is 150. The van der Waals surface area contributed by atoms with Crippen LogP contribution in [0.25, 0.3) is 180 Å². The largest absolute Gasteiger partial charge is 0.213 e. The van der Waals surface area contributed by atoms with Crippen LogP contribution in [0.1, 0.15) is 102 Å². The van der Waals surface area contributed by atoms with Gasteiger partial charge in [-0.3, -0.25) is 0 Å². The Morgan fingerprint density at radius 2 is 0.250 bits per heavy atom. The number of benzene rings is 16. The Morgan fingerprint density at radius 1 is 0.114 bits per heavy atom. The summed E-state index contributed by atoms with van der Waals surface area (Å²) in [5.74, 6) is 9.52. The molecule has 0 saturated heterocycles. The summed E-state index contributed by atoms with van der Waals surface area (Å²) in [6.07, 6.45) is 0. The second kappa shape index (κ2) is 42.0. The van der Waals surface area contributed by atoms with Gasteiger partial charge in [0.2, 0.25) is 0 Å². The molecule has 0 aliphatic carbocycles. The smallest absolute Gasteiger partial charge is 0.164 e. The van der Waals surface area contributed by atoms with Crippen LogP contribution >= 0.6 is 0 Å². The van der Waals surface area contributed by atoms with E-state index in [1.165, 1.54) is 16.7 Å². The summed E-state index contributed by atoms with van der Waals surface area (Å²) >= 11 is 0. The van der Waals surface area contributed by atoms with E-state index in [1.807, 2.05) is 78.9 Å². The third kappa shape index (κ3) is 21.2. The average Bonchev–Trinajstić information content (AvgIpc) is 0.833. The van der Waals surface area contributed by atoms with Gasteiger partial charge in [-0.1, -0.05) is 474 Å². The molecule has 12 nitrogen and oxygen atoms in total. The molecule has 12 heteroatoms. The van der Waals surface area contributed by atoms with Crippen molar-refractivity contribution in [1.29, 1.82) is 0 Å². The van der Waals surface area contributed by atoms with E-state index in [0.717, 1.165) is 140 Å². The van der Waals surface area contributed by atoms with E-state index in [9.17, 15) is 0 Å². The summed E-state index contributed by atoms with van der Waals surface area (Å²) in [5, 5.41) is 0. The van der Waals surface area contributed by atoms with Gasteiger partial charge in [0, 0.05) is 68.2 Å². The molecular formula is C120H100N12. The van der Waals surface area contributed by atoms with Gasteiger partial charge in [-0.25, -0.2) is 59.8 Å². The molecule has 0 bridgehead atoms. The lowest BCUT2D eigenvalue weighted by Gasteiger charge is -2.14. The fourth-order valence-electron chi connectivity index (χ4n) is 15.7. The minimum Gasteiger partial charge on any atom is -0.213 e. The molecule has 0 unspecified atom stereocenters. The molecule has 0 atom stereocenters. The highest BCUT2D eigenvalue weighted by atomic mass is 15.1. The highest BCUT2D eigenvalue weighted by molar-refractivity contribution is 5.87. The molecule has 0 N–H and O–H groups in total. The van der Waals surface area contributed by atoms with Gasteiger partial charge in [0.15, 0.2) is 46.6 Å². The minimum absolute atomic E-state index is 0.179. The lowest BCUT2D eigenvalue weighted by atomic mass is 9.98. The first kappa shape index (κ1) is 87.6. The van der Waals surface area contributed by atoms with Crippen LogP contribution in [0, 0.1) is 0 Å². The molecule has 20 rings (SSSR count). The molecule has 0 aliphatic heterocycles. The van der Waals surface area contributed by atoms with Crippen LogP contribution in [0.4, 0.5) is 0 Å². The molecule has 0 saturated carbocycles. The van der Waals surface area contributed by atoms with Crippen LogP contribution in [0.15, 0.2) is 437 Å². The molecule has 4 aromatic heterocycles. The topological polar surface area (TPSA) is 155 Å². The number of rotatable bonds is 20. The van der Waals surface area contributed by atoms with E-state index < -0.39 is 0 Å². The summed E-state index contributed by atoms with van der Waals surface area (Å²) in [5.41, 5.74) is 26.2.